The average molecular weight is 331 g/mol. The number of guanidine groups is 1. The molecular formula is C18H26N4S. The van der Waals surface area contributed by atoms with Gasteiger partial charge >= 0.3 is 0 Å². The molecule has 23 heavy (non-hydrogen) atoms. The Kier molecular flexibility index (Phi) is 7.07. The van der Waals surface area contributed by atoms with E-state index in [1.54, 1.807) is 11.3 Å². The van der Waals surface area contributed by atoms with Gasteiger partial charge in [-0.05, 0) is 18.9 Å². The standard InChI is InChI=1S/C18H26N4S/c1-4-15(16-8-6-5-7-9-16)12-21-18(19-3)20-11-10-17-13-23-14(2)22-17/h5-9,13,15H,4,10-12H2,1-3H3,(H2,19,20,21). The van der Waals surface area contributed by atoms with Gasteiger partial charge in [-0.25, -0.2) is 4.98 Å². The van der Waals surface area contributed by atoms with Crippen LogP contribution in [-0.4, -0.2) is 31.1 Å². The summed E-state index contributed by atoms with van der Waals surface area (Å²) in [6, 6.07) is 10.6. The maximum Gasteiger partial charge on any atom is 0.191 e. The van der Waals surface area contributed by atoms with Crippen molar-refractivity contribution < 1.29 is 0 Å². The molecule has 0 aliphatic rings. The topological polar surface area (TPSA) is 49.3 Å². The van der Waals surface area contributed by atoms with Crippen LogP contribution in [0.1, 0.15) is 35.5 Å². The maximum atomic E-state index is 4.48. The smallest absolute Gasteiger partial charge is 0.191 e. The number of hydrogen-bond donors (Lipinski definition) is 2. The largest absolute Gasteiger partial charge is 0.356 e. The second kappa shape index (κ2) is 9.30. The van der Waals surface area contributed by atoms with E-state index >= 15 is 0 Å². The third kappa shape index (κ3) is 5.67. The first-order chi connectivity index (χ1) is 11.2. The lowest BCUT2D eigenvalue weighted by Crippen LogP contribution is -2.40. The van der Waals surface area contributed by atoms with Crippen molar-refractivity contribution in [1.82, 2.24) is 15.6 Å². The van der Waals surface area contributed by atoms with Crippen LogP contribution in [0.3, 0.4) is 0 Å². The van der Waals surface area contributed by atoms with Crippen molar-refractivity contribution in [1.29, 1.82) is 0 Å². The number of nitrogens with zero attached hydrogens (tertiary/aromatic N) is 2. The first kappa shape index (κ1) is 17.5. The molecule has 1 atom stereocenters. The second-order valence-electron chi connectivity index (χ2n) is 5.50. The van der Waals surface area contributed by atoms with Gasteiger partial charge in [-0.3, -0.25) is 4.99 Å². The molecule has 2 N–H and O–H groups in total. The van der Waals surface area contributed by atoms with Crippen molar-refractivity contribution in [2.45, 2.75) is 32.6 Å². The second-order valence-corrected chi connectivity index (χ2v) is 6.57. The lowest BCUT2D eigenvalue weighted by Gasteiger charge is -2.18. The molecule has 0 spiro atoms. The van der Waals surface area contributed by atoms with Crippen LogP contribution in [0.5, 0.6) is 0 Å². The minimum atomic E-state index is 0.496. The van der Waals surface area contributed by atoms with Crippen LogP contribution < -0.4 is 10.6 Å². The van der Waals surface area contributed by atoms with Crippen molar-refractivity contribution in [3.05, 3.63) is 52.0 Å². The van der Waals surface area contributed by atoms with Gasteiger partial charge in [0, 0.05) is 37.9 Å². The number of aromatic nitrogens is 1. The minimum absolute atomic E-state index is 0.496. The average Bonchev–Trinajstić information content (AvgIpc) is 3.00. The number of aliphatic imine (C=N–C) groups is 1. The van der Waals surface area contributed by atoms with Gasteiger partial charge in [0.1, 0.15) is 0 Å². The monoisotopic (exact) mass is 330 g/mol. The summed E-state index contributed by atoms with van der Waals surface area (Å²) in [6.07, 6.45) is 2.02. The lowest BCUT2D eigenvalue weighted by atomic mass is 9.97. The van der Waals surface area contributed by atoms with Gasteiger partial charge in [0.2, 0.25) is 0 Å². The number of hydrogen-bond acceptors (Lipinski definition) is 3. The Morgan fingerprint density at radius 3 is 2.65 bits per heavy atom. The summed E-state index contributed by atoms with van der Waals surface area (Å²) in [7, 11) is 1.81. The molecule has 1 unspecified atom stereocenters. The summed E-state index contributed by atoms with van der Waals surface area (Å²) >= 11 is 1.70. The summed E-state index contributed by atoms with van der Waals surface area (Å²) in [4.78, 5) is 8.78. The summed E-state index contributed by atoms with van der Waals surface area (Å²) in [5.41, 5.74) is 2.52. The van der Waals surface area contributed by atoms with Crippen LogP contribution in [0.2, 0.25) is 0 Å². The fraction of sp³-hybridized carbons (Fsp3) is 0.444. The van der Waals surface area contributed by atoms with Crippen molar-refractivity contribution in [3.63, 3.8) is 0 Å². The van der Waals surface area contributed by atoms with Gasteiger partial charge in [0.25, 0.3) is 0 Å². The van der Waals surface area contributed by atoms with E-state index in [0.717, 1.165) is 42.6 Å². The van der Waals surface area contributed by atoms with Crippen LogP contribution in [0.15, 0.2) is 40.7 Å². The quantitative estimate of drug-likeness (QED) is 0.604. The molecule has 0 radical (unpaired) electrons. The Labute approximate surface area is 143 Å². The SMILES string of the molecule is CCC(CNC(=NC)NCCc1csc(C)n1)c1ccccc1. The molecule has 1 heterocycles. The van der Waals surface area contributed by atoms with E-state index < -0.39 is 0 Å². The molecule has 4 nitrogen and oxygen atoms in total. The molecule has 0 fully saturated rings. The van der Waals surface area contributed by atoms with E-state index in [9.17, 15) is 0 Å². The predicted octanol–water partition coefficient (Wildman–Crippen LogP) is 3.35. The zero-order chi connectivity index (χ0) is 16.5. The molecule has 0 aliphatic carbocycles. The molecular weight excluding hydrogens is 304 g/mol. The van der Waals surface area contributed by atoms with Crippen molar-refractivity contribution in [2.24, 2.45) is 4.99 Å². The van der Waals surface area contributed by atoms with Crippen LogP contribution in [0.25, 0.3) is 0 Å². The van der Waals surface area contributed by atoms with Gasteiger partial charge in [-0.2, -0.15) is 0 Å². The van der Waals surface area contributed by atoms with Crippen molar-refractivity contribution in [2.75, 3.05) is 20.1 Å². The molecule has 0 saturated carbocycles. The first-order valence-electron chi connectivity index (χ1n) is 8.13. The van der Waals surface area contributed by atoms with E-state index in [0.29, 0.717) is 5.92 Å². The molecule has 0 amide bonds. The van der Waals surface area contributed by atoms with Gasteiger partial charge in [-0.1, -0.05) is 37.3 Å². The van der Waals surface area contributed by atoms with E-state index in [1.165, 1.54) is 5.56 Å². The number of benzene rings is 1. The van der Waals surface area contributed by atoms with Crippen LogP contribution in [0, 0.1) is 6.92 Å². The first-order valence-corrected chi connectivity index (χ1v) is 9.01. The maximum absolute atomic E-state index is 4.48. The van der Waals surface area contributed by atoms with Crippen LogP contribution in [-0.2, 0) is 6.42 Å². The third-order valence-electron chi connectivity index (χ3n) is 3.84. The lowest BCUT2D eigenvalue weighted by molar-refractivity contribution is 0.629. The molecule has 1 aromatic carbocycles. The fourth-order valence-corrected chi connectivity index (χ4v) is 3.14. The predicted molar refractivity (Wildman–Crippen MR) is 99.4 cm³/mol. The van der Waals surface area contributed by atoms with Crippen LogP contribution >= 0.6 is 11.3 Å². The van der Waals surface area contributed by atoms with Gasteiger partial charge in [-0.15, -0.1) is 11.3 Å². The molecule has 124 valence electrons. The highest BCUT2D eigenvalue weighted by Gasteiger charge is 2.09. The Hall–Kier alpha value is -1.88. The molecule has 0 bridgehead atoms. The molecule has 5 heteroatoms. The third-order valence-corrected chi connectivity index (χ3v) is 4.67. The normalized spacial score (nSPS) is 12.9. The molecule has 2 aromatic rings. The zero-order valence-electron chi connectivity index (χ0n) is 14.2. The van der Waals surface area contributed by atoms with E-state index in [1.807, 2.05) is 14.0 Å². The van der Waals surface area contributed by atoms with E-state index in [-0.39, 0.29) is 0 Å². The summed E-state index contributed by atoms with van der Waals surface area (Å²) in [5, 5.41) is 10.0. The Morgan fingerprint density at radius 2 is 2.04 bits per heavy atom. The van der Waals surface area contributed by atoms with E-state index in [2.05, 4.69) is 63.2 Å². The van der Waals surface area contributed by atoms with Gasteiger partial charge in [0.15, 0.2) is 5.96 Å². The minimum Gasteiger partial charge on any atom is -0.356 e. The fourth-order valence-electron chi connectivity index (χ4n) is 2.50. The van der Waals surface area contributed by atoms with Gasteiger partial charge < -0.3 is 10.6 Å². The summed E-state index contributed by atoms with van der Waals surface area (Å²) in [5.74, 6) is 1.35. The van der Waals surface area contributed by atoms with E-state index in [4.69, 9.17) is 0 Å². The number of aryl methyl sites for hydroxylation is 1. The number of thiazole rings is 1. The number of nitrogens with one attached hydrogen (secondary N) is 2. The molecule has 1 aromatic heterocycles. The summed E-state index contributed by atoms with van der Waals surface area (Å²) < 4.78 is 0. The summed E-state index contributed by atoms with van der Waals surface area (Å²) in [6.45, 7) is 5.98. The highest BCUT2D eigenvalue weighted by atomic mass is 32.1. The Morgan fingerprint density at radius 1 is 1.26 bits per heavy atom. The highest BCUT2D eigenvalue weighted by Crippen LogP contribution is 2.17. The zero-order valence-corrected chi connectivity index (χ0v) is 15.0. The van der Waals surface area contributed by atoms with Crippen LogP contribution in [0.4, 0.5) is 0 Å². The van der Waals surface area contributed by atoms with Gasteiger partial charge in [0.05, 0.1) is 10.7 Å². The number of rotatable bonds is 7. The Bertz CT molecular complexity index is 606. The molecule has 0 saturated heterocycles. The highest BCUT2D eigenvalue weighted by molar-refractivity contribution is 7.09. The molecule has 2 rings (SSSR count). The van der Waals surface area contributed by atoms with Crippen molar-refractivity contribution in [3.8, 4) is 0 Å². The molecule has 0 aliphatic heterocycles. The Balaban J connectivity index is 1.78. The van der Waals surface area contributed by atoms with Crippen molar-refractivity contribution >= 4 is 17.3 Å².